The zero-order valence-corrected chi connectivity index (χ0v) is 7.36. The second-order valence-electron chi connectivity index (χ2n) is 2.38. The number of nitriles is 1. The second-order valence-corrected chi connectivity index (χ2v) is 3.32. The van der Waals surface area contributed by atoms with Crippen molar-refractivity contribution in [3.8, 4) is 6.07 Å². The molecule has 5 heteroatoms. The zero-order valence-electron chi connectivity index (χ0n) is 6.54. The zero-order chi connectivity index (χ0) is 9.84. The molecular weight excluding hydrogens is 190 g/mol. The first-order valence-corrected chi connectivity index (χ1v) is 4.37. The maximum atomic E-state index is 10.4. The van der Waals surface area contributed by atoms with Crippen LogP contribution in [0.15, 0.2) is 11.4 Å². The summed E-state index contributed by atoms with van der Waals surface area (Å²) in [6, 6.07) is 3.01. The van der Waals surface area contributed by atoms with E-state index in [0.29, 0.717) is 16.7 Å². The summed E-state index contributed by atoms with van der Waals surface area (Å²) in [5, 5.41) is 28.3. The Hall–Kier alpha value is -1.22. The Bertz CT molecular complexity index is 341. The van der Waals surface area contributed by atoms with Gasteiger partial charge < -0.3 is 10.2 Å². The summed E-state index contributed by atoms with van der Waals surface area (Å²) in [4.78, 5) is 10.8. The number of rotatable bonds is 3. The van der Waals surface area contributed by atoms with Gasteiger partial charge >= 0.3 is 0 Å². The Morgan fingerprint density at radius 3 is 2.85 bits per heavy atom. The average molecular weight is 197 g/mol. The number of aliphatic hydroxyl groups is 2. The van der Waals surface area contributed by atoms with Gasteiger partial charge in [-0.2, -0.15) is 5.26 Å². The lowest BCUT2D eigenvalue weighted by Gasteiger charge is -2.10. The predicted molar refractivity (Wildman–Crippen MR) is 46.3 cm³/mol. The number of hydrogen-bond donors (Lipinski definition) is 2. The van der Waals surface area contributed by atoms with Crippen LogP contribution in [0.2, 0.25) is 0 Å². The number of aliphatic hydroxyl groups excluding tert-OH is 2. The minimum Gasteiger partial charge on any atom is -0.384 e. The van der Waals surface area contributed by atoms with Crippen LogP contribution >= 0.6 is 11.3 Å². The van der Waals surface area contributed by atoms with Crippen molar-refractivity contribution in [2.24, 2.45) is 0 Å². The number of carbonyl (C=O) groups excluding carboxylic acids is 1. The third-order valence-corrected chi connectivity index (χ3v) is 2.44. The third-order valence-electron chi connectivity index (χ3n) is 1.58. The second kappa shape index (κ2) is 4.14. The van der Waals surface area contributed by atoms with E-state index < -0.39 is 12.2 Å². The molecule has 0 aliphatic heterocycles. The first-order valence-electron chi connectivity index (χ1n) is 3.49. The van der Waals surface area contributed by atoms with E-state index in [1.807, 2.05) is 0 Å². The van der Waals surface area contributed by atoms with E-state index in [0.717, 1.165) is 11.3 Å². The molecule has 0 aromatic carbocycles. The molecule has 0 bridgehead atoms. The van der Waals surface area contributed by atoms with E-state index in [1.165, 1.54) is 12.1 Å². The molecule has 0 aliphatic carbocycles. The maximum absolute atomic E-state index is 10.4. The predicted octanol–water partition coefficient (Wildman–Crippen LogP) is 0.478. The van der Waals surface area contributed by atoms with E-state index >= 15 is 0 Å². The molecule has 1 aromatic rings. The molecule has 0 saturated heterocycles. The van der Waals surface area contributed by atoms with Crippen molar-refractivity contribution in [2.75, 3.05) is 0 Å². The highest BCUT2D eigenvalue weighted by atomic mass is 32.1. The van der Waals surface area contributed by atoms with Crippen LogP contribution in [-0.4, -0.2) is 22.6 Å². The summed E-state index contributed by atoms with van der Waals surface area (Å²) in [7, 11) is 0. The summed E-state index contributed by atoms with van der Waals surface area (Å²) in [6.45, 7) is 0. The standard InChI is InChI=1S/C8H7NO3S/c9-3-6(11)8(12)5-1-2-13-7(5)4-10/h1-2,4,6,8,11-12H. The first kappa shape index (κ1) is 9.86. The van der Waals surface area contributed by atoms with Crippen LogP contribution in [0.25, 0.3) is 0 Å². The summed E-state index contributed by atoms with van der Waals surface area (Å²) in [5.41, 5.74) is 0.300. The highest BCUT2D eigenvalue weighted by molar-refractivity contribution is 7.11. The van der Waals surface area contributed by atoms with Crippen molar-refractivity contribution in [2.45, 2.75) is 12.2 Å². The van der Waals surface area contributed by atoms with Gasteiger partial charge in [0.15, 0.2) is 12.4 Å². The lowest BCUT2D eigenvalue weighted by atomic mass is 10.1. The molecule has 1 heterocycles. The van der Waals surface area contributed by atoms with Crippen LogP contribution in [0, 0.1) is 11.3 Å². The van der Waals surface area contributed by atoms with E-state index in [4.69, 9.17) is 10.4 Å². The summed E-state index contributed by atoms with van der Waals surface area (Å²) in [6.07, 6.45) is -2.21. The lowest BCUT2D eigenvalue weighted by molar-refractivity contribution is 0.0525. The van der Waals surface area contributed by atoms with Gasteiger partial charge in [0.2, 0.25) is 0 Å². The van der Waals surface area contributed by atoms with E-state index in [9.17, 15) is 9.90 Å². The molecule has 0 spiro atoms. The van der Waals surface area contributed by atoms with Gasteiger partial charge in [-0.1, -0.05) is 0 Å². The molecule has 1 aromatic heterocycles. The van der Waals surface area contributed by atoms with Crippen LogP contribution < -0.4 is 0 Å². The Morgan fingerprint density at radius 1 is 1.62 bits per heavy atom. The summed E-state index contributed by atoms with van der Waals surface area (Å²) < 4.78 is 0. The normalized spacial score (nSPS) is 14.5. The Balaban J connectivity index is 2.95. The molecule has 0 radical (unpaired) electrons. The molecule has 2 N–H and O–H groups in total. The minimum atomic E-state index is -1.49. The van der Waals surface area contributed by atoms with Gasteiger partial charge in [0, 0.05) is 5.56 Å². The molecule has 1 rings (SSSR count). The van der Waals surface area contributed by atoms with Gasteiger partial charge in [0.25, 0.3) is 0 Å². The highest BCUT2D eigenvalue weighted by Crippen LogP contribution is 2.24. The molecule has 0 fully saturated rings. The third kappa shape index (κ3) is 1.92. The number of nitrogens with zero attached hydrogens (tertiary/aromatic N) is 1. The van der Waals surface area contributed by atoms with Crippen molar-refractivity contribution in [1.29, 1.82) is 5.26 Å². The van der Waals surface area contributed by atoms with E-state index in [2.05, 4.69) is 0 Å². The molecule has 0 aliphatic rings. The number of hydrogen-bond acceptors (Lipinski definition) is 5. The molecule has 2 atom stereocenters. The smallest absolute Gasteiger partial charge is 0.170 e. The maximum Gasteiger partial charge on any atom is 0.170 e. The van der Waals surface area contributed by atoms with Crippen molar-refractivity contribution >= 4 is 17.6 Å². The Kier molecular flexibility index (Phi) is 3.14. The minimum absolute atomic E-state index is 0.300. The van der Waals surface area contributed by atoms with Gasteiger partial charge in [-0.3, -0.25) is 4.79 Å². The monoisotopic (exact) mass is 197 g/mol. The lowest BCUT2D eigenvalue weighted by Crippen LogP contribution is -2.16. The molecule has 13 heavy (non-hydrogen) atoms. The fourth-order valence-electron chi connectivity index (χ4n) is 0.912. The van der Waals surface area contributed by atoms with Crippen LogP contribution in [0.3, 0.4) is 0 Å². The van der Waals surface area contributed by atoms with Gasteiger partial charge in [0.05, 0.1) is 10.9 Å². The topological polar surface area (TPSA) is 81.3 Å². The fraction of sp³-hybridized carbons (Fsp3) is 0.250. The van der Waals surface area contributed by atoms with E-state index in [1.54, 1.807) is 5.38 Å². The van der Waals surface area contributed by atoms with Gasteiger partial charge in [-0.05, 0) is 11.4 Å². The molecule has 4 nitrogen and oxygen atoms in total. The molecule has 2 unspecified atom stereocenters. The molecule has 0 amide bonds. The van der Waals surface area contributed by atoms with Crippen molar-refractivity contribution in [3.63, 3.8) is 0 Å². The Labute approximate surface area is 78.7 Å². The van der Waals surface area contributed by atoms with Crippen molar-refractivity contribution in [1.82, 2.24) is 0 Å². The van der Waals surface area contributed by atoms with Gasteiger partial charge in [0.1, 0.15) is 6.10 Å². The fourth-order valence-corrected chi connectivity index (χ4v) is 1.65. The van der Waals surface area contributed by atoms with Crippen molar-refractivity contribution < 1.29 is 15.0 Å². The molecule has 0 saturated carbocycles. The van der Waals surface area contributed by atoms with Gasteiger partial charge in [-0.15, -0.1) is 11.3 Å². The van der Waals surface area contributed by atoms with E-state index in [-0.39, 0.29) is 0 Å². The average Bonchev–Trinajstić information content (AvgIpc) is 2.62. The first-order chi connectivity index (χ1) is 6.20. The van der Waals surface area contributed by atoms with Crippen molar-refractivity contribution in [3.05, 3.63) is 21.9 Å². The molecular formula is C8H7NO3S. The largest absolute Gasteiger partial charge is 0.384 e. The van der Waals surface area contributed by atoms with Crippen LogP contribution in [0.1, 0.15) is 21.3 Å². The molecule has 68 valence electrons. The SMILES string of the molecule is N#CC(O)C(O)c1ccsc1C=O. The quantitative estimate of drug-likeness (QED) is 0.545. The number of aldehydes is 1. The van der Waals surface area contributed by atoms with Gasteiger partial charge in [-0.25, -0.2) is 0 Å². The summed E-state index contributed by atoms with van der Waals surface area (Å²) in [5.74, 6) is 0. The number of carbonyl (C=O) groups is 1. The van der Waals surface area contributed by atoms with Crippen LogP contribution in [0.4, 0.5) is 0 Å². The number of thiophene rings is 1. The highest BCUT2D eigenvalue weighted by Gasteiger charge is 2.21. The van der Waals surface area contributed by atoms with Crippen LogP contribution in [0.5, 0.6) is 0 Å². The van der Waals surface area contributed by atoms with Crippen LogP contribution in [-0.2, 0) is 0 Å². The summed E-state index contributed by atoms with van der Waals surface area (Å²) >= 11 is 1.16. The Morgan fingerprint density at radius 2 is 2.31 bits per heavy atom.